The minimum atomic E-state index is -0.652. The number of carbonyl (C=O) groups is 1. The summed E-state index contributed by atoms with van der Waals surface area (Å²) in [5.41, 5.74) is 0.838. The molecule has 0 radical (unpaired) electrons. The molecular formula is C9H9N3O2S. The summed E-state index contributed by atoms with van der Waals surface area (Å²) in [6.45, 7) is 0. The molecule has 15 heavy (non-hydrogen) atoms. The highest BCUT2D eigenvalue weighted by molar-refractivity contribution is 7.16. The molecule has 1 amide bonds. The second-order valence-electron chi connectivity index (χ2n) is 2.80. The lowest BCUT2D eigenvalue weighted by molar-refractivity contribution is 0.181. The largest absolute Gasteiger partial charge is 0.451 e. The third-order valence-corrected chi connectivity index (χ3v) is 2.93. The lowest BCUT2D eigenvalue weighted by Crippen LogP contribution is -2.23. The van der Waals surface area contributed by atoms with Crippen LogP contribution in [-0.4, -0.2) is 17.9 Å². The van der Waals surface area contributed by atoms with Crippen molar-refractivity contribution in [3.05, 3.63) is 29.1 Å². The van der Waals surface area contributed by atoms with Crippen molar-refractivity contribution >= 4 is 27.6 Å². The standard InChI is InChI=1S/C9H9N3O2S/c1-14-9(13)11-8-12(10)6-4-2-3-5-7(6)15-8/h2-5H,10H2,1H3. The van der Waals surface area contributed by atoms with Gasteiger partial charge in [-0.25, -0.2) is 9.47 Å². The fraction of sp³-hybridized carbons (Fsp3) is 0.111. The predicted molar refractivity (Wildman–Crippen MR) is 57.9 cm³/mol. The van der Waals surface area contributed by atoms with Crippen molar-refractivity contribution in [2.75, 3.05) is 13.0 Å². The molecule has 2 aromatic rings. The smallest absolute Gasteiger partial charge is 0.436 e. The molecule has 1 heterocycles. The fourth-order valence-corrected chi connectivity index (χ4v) is 2.12. The first kappa shape index (κ1) is 9.72. The Hall–Kier alpha value is -1.82. The average molecular weight is 223 g/mol. The van der Waals surface area contributed by atoms with Gasteiger partial charge in [0.1, 0.15) is 0 Å². The van der Waals surface area contributed by atoms with Gasteiger partial charge in [-0.15, -0.1) is 4.99 Å². The highest BCUT2D eigenvalue weighted by atomic mass is 32.1. The number of fused-ring (bicyclic) bond motifs is 1. The van der Waals surface area contributed by atoms with E-state index in [-0.39, 0.29) is 0 Å². The summed E-state index contributed by atoms with van der Waals surface area (Å²) in [5, 5.41) is 0. The maximum absolute atomic E-state index is 11.0. The number of nitrogens with two attached hydrogens (primary N) is 1. The molecule has 0 aliphatic heterocycles. The molecular weight excluding hydrogens is 214 g/mol. The zero-order valence-corrected chi connectivity index (χ0v) is 8.82. The van der Waals surface area contributed by atoms with Crippen molar-refractivity contribution in [2.45, 2.75) is 0 Å². The van der Waals surface area contributed by atoms with Crippen LogP contribution in [0.2, 0.25) is 0 Å². The molecule has 2 rings (SSSR count). The van der Waals surface area contributed by atoms with Gasteiger partial charge in [-0.05, 0) is 12.1 Å². The van der Waals surface area contributed by atoms with E-state index < -0.39 is 6.09 Å². The van der Waals surface area contributed by atoms with E-state index >= 15 is 0 Å². The van der Waals surface area contributed by atoms with Gasteiger partial charge in [0, 0.05) is 0 Å². The van der Waals surface area contributed by atoms with Crippen LogP contribution < -0.4 is 10.6 Å². The normalized spacial score (nSPS) is 11.9. The number of benzene rings is 1. The second-order valence-corrected chi connectivity index (χ2v) is 3.81. The van der Waals surface area contributed by atoms with Gasteiger partial charge in [0.2, 0.25) is 4.80 Å². The summed E-state index contributed by atoms with van der Waals surface area (Å²) in [7, 11) is 1.28. The molecule has 0 aliphatic carbocycles. The van der Waals surface area contributed by atoms with E-state index in [2.05, 4.69) is 9.73 Å². The van der Waals surface area contributed by atoms with Crippen LogP contribution in [0.3, 0.4) is 0 Å². The van der Waals surface area contributed by atoms with Gasteiger partial charge in [-0.1, -0.05) is 23.5 Å². The average Bonchev–Trinajstić information content (AvgIpc) is 2.57. The summed E-state index contributed by atoms with van der Waals surface area (Å²) in [5.74, 6) is 5.77. The molecule has 0 saturated carbocycles. The lowest BCUT2D eigenvalue weighted by atomic mass is 10.3. The fourth-order valence-electron chi connectivity index (χ4n) is 1.19. The van der Waals surface area contributed by atoms with Crippen molar-refractivity contribution in [1.82, 2.24) is 4.68 Å². The number of nitrogens with zero attached hydrogens (tertiary/aromatic N) is 2. The number of carbonyl (C=O) groups excluding carboxylic acids is 1. The number of ether oxygens (including phenoxy) is 1. The summed E-state index contributed by atoms with van der Waals surface area (Å²) in [6, 6.07) is 7.56. The molecule has 2 N–H and O–H groups in total. The molecule has 0 bridgehead atoms. The van der Waals surface area contributed by atoms with Crippen LogP contribution in [0.4, 0.5) is 4.79 Å². The van der Waals surface area contributed by atoms with Crippen molar-refractivity contribution in [1.29, 1.82) is 0 Å². The Morgan fingerprint density at radius 1 is 1.53 bits per heavy atom. The third-order valence-electron chi connectivity index (χ3n) is 1.89. The minimum Gasteiger partial charge on any atom is -0.451 e. The highest BCUT2D eigenvalue weighted by Crippen LogP contribution is 2.14. The van der Waals surface area contributed by atoms with E-state index in [1.807, 2.05) is 24.3 Å². The zero-order chi connectivity index (χ0) is 10.8. The molecule has 1 aromatic heterocycles. The first-order valence-corrected chi connectivity index (χ1v) is 5.02. The third kappa shape index (κ3) is 1.71. The molecule has 5 nitrogen and oxygen atoms in total. The molecule has 0 spiro atoms. The van der Waals surface area contributed by atoms with Crippen molar-refractivity contribution < 1.29 is 9.53 Å². The number of nitrogen functional groups attached to an aromatic ring is 1. The number of hydrogen-bond donors (Lipinski definition) is 1. The van der Waals surface area contributed by atoms with E-state index in [9.17, 15) is 4.79 Å². The number of rotatable bonds is 0. The van der Waals surface area contributed by atoms with Crippen LogP contribution in [0, 0.1) is 0 Å². The number of para-hydroxylation sites is 1. The molecule has 0 aliphatic rings. The van der Waals surface area contributed by atoms with Crippen LogP contribution in [0.1, 0.15) is 0 Å². The molecule has 0 fully saturated rings. The van der Waals surface area contributed by atoms with E-state index in [1.165, 1.54) is 23.1 Å². The molecule has 0 saturated heterocycles. The van der Waals surface area contributed by atoms with Gasteiger partial charge >= 0.3 is 6.09 Å². The van der Waals surface area contributed by atoms with Crippen LogP contribution in [0.25, 0.3) is 10.2 Å². The van der Waals surface area contributed by atoms with E-state index in [0.29, 0.717) is 4.80 Å². The van der Waals surface area contributed by atoms with Gasteiger partial charge in [-0.3, -0.25) is 0 Å². The summed E-state index contributed by atoms with van der Waals surface area (Å²) >= 11 is 1.34. The van der Waals surface area contributed by atoms with E-state index in [4.69, 9.17) is 5.84 Å². The Bertz CT molecular complexity index is 570. The summed E-state index contributed by atoms with van der Waals surface area (Å²) < 4.78 is 6.78. The maximum Gasteiger partial charge on any atom is 0.436 e. The number of amides is 1. The van der Waals surface area contributed by atoms with Crippen molar-refractivity contribution in [3.8, 4) is 0 Å². The topological polar surface area (TPSA) is 69.6 Å². The van der Waals surface area contributed by atoms with Gasteiger partial charge in [0.25, 0.3) is 0 Å². The Morgan fingerprint density at radius 3 is 2.93 bits per heavy atom. The van der Waals surface area contributed by atoms with Gasteiger partial charge in [0.15, 0.2) is 0 Å². The summed E-state index contributed by atoms with van der Waals surface area (Å²) in [4.78, 5) is 15.1. The van der Waals surface area contributed by atoms with Gasteiger partial charge < -0.3 is 10.6 Å². The van der Waals surface area contributed by atoms with Crippen LogP contribution in [0.15, 0.2) is 29.3 Å². The molecule has 6 heteroatoms. The monoisotopic (exact) mass is 223 g/mol. The quantitative estimate of drug-likeness (QED) is 0.679. The van der Waals surface area contributed by atoms with E-state index in [1.54, 1.807) is 0 Å². The number of methoxy groups -OCH3 is 1. The number of hydrogen-bond acceptors (Lipinski definition) is 4. The number of thiazole rings is 1. The zero-order valence-electron chi connectivity index (χ0n) is 8.01. The molecule has 0 atom stereocenters. The maximum atomic E-state index is 11.0. The Labute approximate surface area is 89.4 Å². The van der Waals surface area contributed by atoms with Crippen LogP contribution in [-0.2, 0) is 4.74 Å². The minimum absolute atomic E-state index is 0.419. The highest BCUT2D eigenvalue weighted by Gasteiger charge is 2.03. The number of aromatic nitrogens is 1. The Kier molecular flexibility index (Phi) is 2.42. The SMILES string of the molecule is COC(=O)N=c1sc2ccccc2n1N. The molecule has 1 aromatic carbocycles. The molecule has 0 unspecified atom stereocenters. The Balaban J connectivity index is 2.68. The van der Waals surface area contributed by atoms with Gasteiger partial charge in [0.05, 0.1) is 17.3 Å². The van der Waals surface area contributed by atoms with Crippen LogP contribution in [0.5, 0.6) is 0 Å². The first-order chi connectivity index (χ1) is 7.22. The van der Waals surface area contributed by atoms with Crippen LogP contribution >= 0.6 is 11.3 Å². The predicted octanol–water partition coefficient (Wildman–Crippen LogP) is 1.08. The first-order valence-electron chi connectivity index (χ1n) is 4.20. The van der Waals surface area contributed by atoms with Crippen molar-refractivity contribution in [2.24, 2.45) is 4.99 Å². The van der Waals surface area contributed by atoms with E-state index in [0.717, 1.165) is 10.2 Å². The van der Waals surface area contributed by atoms with Gasteiger partial charge in [-0.2, -0.15) is 0 Å². The lowest BCUT2D eigenvalue weighted by Gasteiger charge is -1.93. The van der Waals surface area contributed by atoms with Crippen molar-refractivity contribution in [3.63, 3.8) is 0 Å². The Morgan fingerprint density at radius 2 is 2.27 bits per heavy atom. The second kappa shape index (κ2) is 3.74. The molecule has 78 valence electrons. The summed E-state index contributed by atoms with van der Waals surface area (Å²) in [6.07, 6.45) is -0.652.